The van der Waals surface area contributed by atoms with Gasteiger partial charge >= 0.3 is 5.97 Å². The summed E-state index contributed by atoms with van der Waals surface area (Å²) in [6, 6.07) is 12.9. The summed E-state index contributed by atoms with van der Waals surface area (Å²) in [7, 11) is 0. The third-order valence-electron chi connectivity index (χ3n) is 5.39. The van der Waals surface area contributed by atoms with Crippen LogP contribution in [0.25, 0.3) is 16.8 Å². The van der Waals surface area contributed by atoms with E-state index in [0.717, 1.165) is 35.3 Å². The summed E-state index contributed by atoms with van der Waals surface area (Å²) in [5.74, 6) is -0.174. The Balaban J connectivity index is 1.56. The number of carbonyl (C=O) groups is 1. The number of nitriles is 1. The molecule has 3 aromatic heterocycles. The highest BCUT2D eigenvalue weighted by Crippen LogP contribution is 2.31. The van der Waals surface area contributed by atoms with Gasteiger partial charge in [0, 0.05) is 35.4 Å². The van der Waals surface area contributed by atoms with Crippen molar-refractivity contribution in [3.63, 3.8) is 0 Å². The quantitative estimate of drug-likeness (QED) is 0.274. The second-order valence-electron chi connectivity index (χ2n) is 7.99. The first kappa shape index (κ1) is 24.5. The number of carboxylic acid groups (broad SMARTS) is 1. The Morgan fingerprint density at radius 2 is 1.94 bits per heavy atom. The Morgan fingerprint density at radius 3 is 2.66 bits per heavy atom. The van der Waals surface area contributed by atoms with Crippen LogP contribution in [0.3, 0.4) is 0 Å². The van der Waals surface area contributed by atoms with Gasteiger partial charge in [-0.15, -0.1) is 0 Å². The van der Waals surface area contributed by atoms with Gasteiger partial charge in [-0.2, -0.15) is 10.4 Å². The van der Waals surface area contributed by atoms with Crippen LogP contribution in [0.15, 0.2) is 48.8 Å². The van der Waals surface area contributed by atoms with E-state index in [4.69, 9.17) is 38.6 Å². The number of carboxylic acids is 1. The van der Waals surface area contributed by atoms with Crippen LogP contribution in [0.1, 0.15) is 36.2 Å². The van der Waals surface area contributed by atoms with Crippen LogP contribution in [-0.2, 0) is 17.6 Å². The second kappa shape index (κ2) is 11.2. The van der Waals surface area contributed by atoms with Crippen molar-refractivity contribution < 1.29 is 9.90 Å². The molecular weight excluding hydrogens is 487 g/mol. The molecule has 0 aliphatic carbocycles. The molecule has 10 heteroatoms. The fraction of sp³-hybridized carbons (Fsp3) is 0.240. The smallest absolute Gasteiger partial charge is 0.303 e. The monoisotopic (exact) mass is 508 g/mol. The molecule has 0 aliphatic rings. The number of fused-ring (bicyclic) bond motifs is 1. The highest BCUT2D eigenvalue weighted by molar-refractivity contribution is 6.36. The molecule has 1 aromatic carbocycles. The van der Waals surface area contributed by atoms with E-state index in [1.54, 1.807) is 35.1 Å². The largest absolute Gasteiger partial charge is 0.481 e. The Hall–Kier alpha value is -3.67. The molecule has 35 heavy (non-hydrogen) atoms. The second-order valence-corrected chi connectivity index (χ2v) is 8.84. The van der Waals surface area contributed by atoms with Gasteiger partial charge in [0.05, 0.1) is 28.2 Å². The van der Waals surface area contributed by atoms with E-state index >= 15 is 0 Å². The average molecular weight is 509 g/mol. The number of halogens is 2. The lowest BCUT2D eigenvalue weighted by Gasteiger charge is -2.11. The normalized spacial score (nSPS) is 10.9. The van der Waals surface area contributed by atoms with Gasteiger partial charge < -0.3 is 10.4 Å². The molecule has 4 rings (SSSR count). The number of aliphatic carboxylic acids is 1. The molecule has 0 radical (unpaired) electrons. The maximum Gasteiger partial charge on any atom is 0.303 e. The average Bonchev–Trinajstić information content (AvgIpc) is 3.25. The molecular formula is C25H22Cl2N6O2. The highest BCUT2D eigenvalue weighted by Gasteiger charge is 2.14. The molecule has 3 heterocycles. The number of hydrogen-bond acceptors (Lipinski definition) is 6. The Kier molecular flexibility index (Phi) is 7.80. The van der Waals surface area contributed by atoms with Crippen LogP contribution in [0.5, 0.6) is 0 Å². The van der Waals surface area contributed by atoms with Crippen molar-refractivity contribution in [1.29, 1.82) is 5.26 Å². The first-order valence-electron chi connectivity index (χ1n) is 11.1. The van der Waals surface area contributed by atoms with Crippen molar-refractivity contribution in [2.24, 2.45) is 0 Å². The third kappa shape index (κ3) is 6.27. The summed E-state index contributed by atoms with van der Waals surface area (Å²) >= 11 is 12.5. The molecule has 0 amide bonds. The van der Waals surface area contributed by atoms with Crippen LogP contribution < -0.4 is 5.32 Å². The standard InChI is InChI=1S/C25H22Cl2N6O2/c26-17-7-9-20(21(27)11-17)22-15-33-23(12-19(32-33)3-1-5-24(34)35)25(31-22)29-10-2-4-18-8-6-16(13-28)14-30-18/h6-9,11-12,14-15H,1-5,10H2,(H,29,31)(H,34,35). The van der Waals surface area contributed by atoms with Crippen LogP contribution in [-0.4, -0.2) is 37.2 Å². The van der Waals surface area contributed by atoms with Crippen molar-refractivity contribution in [3.05, 3.63) is 75.8 Å². The number of nitrogens with zero attached hydrogens (tertiary/aromatic N) is 5. The Labute approximate surface area is 212 Å². The molecule has 178 valence electrons. The number of hydrogen-bond donors (Lipinski definition) is 2. The van der Waals surface area contributed by atoms with Crippen LogP contribution >= 0.6 is 23.2 Å². The van der Waals surface area contributed by atoms with Crippen LogP contribution in [0.4, 0.5) is 5.82 Å². The molecule has 0 bridgehead atoms. The number of aryl methyl sites for hydroxylation is 2. The van der Waals surface area contributed by atoms with Gasteiger partial charge in [-0.25, -0.2) is 9.50 Å². The zero-order valence-electron chi connectivity index (χ0n) is 18.7. The summed E-state index contributed by atoms with van der Waals surface area (Å²) in [6.07, 6.45) is 6.07. The summed E-state index contributed by atoms with van der Waals surface area (Å²) in [4.78, 5) is 20.0. The zero-order valence-corrected chi connectivity index (χ0v) is 20.2. The summed E-state index contributed by atoms with van der Waals surface area (Å²) < 4.78 is 1.74. The van der Waals surface area contributed by atoms with Crippen molar-refractivity contribution in [1.82, 2.24) is 19.6 Å². The van der Waals surface area contributed by atoms with Crippen LogP contribution in [0, 0.1) is 11.3 Å². The maximum absolute atomic E-state index is 10.9. The minimum absolute atomic E-state index is 0.0895. The lowest BCUT2D eigenvalue weighted by molar-refractivity contribution is -0.137. The molecule has 0 unspecified atom stereocenters. The van der Waals surface area contributed by atoms with Gasteiger partial charge in [0.25, 0.3) is 0 Å². The first-order valence-corrected chi connectivity index (χ1v) is 11.8. The predicted octanol–water partition coefficient (Wildman–Crippen LogP) is 5.42. The molecule has 0 saturated carbocycles. The summed E-state index contributed by atoms with van der Waals surface area (Å²) in [5, 5.41) is 26.9. The van der Waals surface area contributed by atoms with E-state index < -0.39 is 5.97 Å². The minimum atomic E-state index is -0.825. The SMILES string of the molecule is N#Cc1ccc(CCCNc2nc(-c3ccc(Cl)cc3Cl)cn3nc(CCCC(=O)O)cc23)nc1. The number of rotatable bonds is 10. The summed E-state index contributed by atoms with van der Waals surface area (Å²) in [6.45, 7) is 0.641. The fourth-order valence-electron chi connectivity index (χ4n) is 3.66. The molecule has 0 aliphatic heterocycles. The molecule has 0 spiro atoms. The lowest BCUT2D eigenvalue weighted by Crippen LogP contribution is -2.08. The van der Waals surface area contributed by atoms with E-state index in [9.17, 15) is 4.79 Å². The number of nitrogens with one attached hydrogen (secondary N) is 1. The maximum atomic E-state index is 10.9. The van der Waals surface area contributed by atoms with Gasteiger partial charge in [-0.3, -0.25) is 9.78 Å². The number of anilines is 1. The van der Waals surface area contributed by atoms with Crippen molar-refractivity contribution >= 4 is 40.5 Å². The third-order valence-corrected chi connectivity index (χ3v) is 5.94. The van der Waals surface area contributed by atoms with Gasteiger partial charge in [0.1, 0.15) is 11.6 Å². The van der Waals surface area contributed by atoms with E-state index in [-0.39, 0.29) is 6.42 Å². The summed E-state index contributed by atoms with van der Waals surface area (Å²) in [5.41, 5.74) is 4.39. The van der Waals surface area contributed by atoms with E-state index in [1.807, 2.05) is 18.2 Å². The first-order chi connectivity index (χ1) is 16.9. The van der Waals surface area contributed by atoms with Crippen molar-refractivity contribution in [2.45, 2.75) is 32.1 Å². The minimum Gasteiger partial charge on any atom is -0.481 e. The molecule has 2 N–H and O–H groups in total. The fourth-order valence-corrected chi connectivity index (χ4v) is 4.16. The van der Waals surface area contributed by atoms with Crippen molar-refractivity contribution in [3.8, 4) is 17.3 Å². The van der Waals surface area contributed by atoms with E-state index in [1.165, 1.54) is 0 Å². The van der Waals surface area contributed by atoms with Gasteiger partial charge in [0.2, 0.25) is 0 Å². The van der Waals surface area contributed by atoms with E-state index in [0.29, 0.717) is 46.5 Å². The van der Waals surface area contributed by atoms with Gasteiger partial charge in [-0.05, 0) is 62.1 Å². The van der Waals surface area contributed by atoms with Crippen molar-refractivity contribution in [2.75, 3.05) is 11.9 Å². The highest BCUT2D eigenvalue weighted by atomic mass is 35.5. The van der Waals surface area contributed by atoms with Gasteiger partial charge in [-0.1, -0.05) is 23.2 Å². The lowest BCUT2D eigenvalue weighted by atomic mass is 10.1. The molecule has 0 fully saturated rings. The molecule has 4 aromatic rings. The zero-order chi connectivity index (χ0) is 24.8. The Bertz CT molecular complexity index is 1400. The molecule has 0 saturated heterocycles. The van der Waals surface area contributed by atoms with Crippen LogP contribution in [0.2, 0.25) is 10.0 Å². The number of aromatic nitrogens is 4. The molecule has 0 atom stereocenters. The molecule has 8 nitrogen and oxygen atoms in total. The predicted molar refractivity (Wildman–Crippen MR) is 135 cm³/mol. The number of pyridine rings is 1. The van der Waals surface area contributed by atoms with Gasteiger partial charge in [0.15, 0.2) is 5.82 Å². The van der Waals surface area contributed by atoms with E-state index in [2.05, 4.69) is 21.5 Å². The topological polar surface area (TPSA) is 116 Å². The number of benzene rings is 1. The Morgan fingerprint density at radius 1 is 1.11 bits per heavy atom.